The average Bonchev–Trinajstić information content (AvgIpc) is 3.76. The molecule has 4 aliphatic rings. The third-order valence-electron chi connectivity index (χ3n) is 13.2. The predicted octanol–water partition coefficient (Wildman–Crippen LogP) is 1.52. The van der Waals surface area contributed by atoms with Gasteiger partial charge in [-0.2, -0.15) is 0 Å². The molecule has 59 heavy (non-hydrogen) atoms. The van der Waals surface area contributed by atoms with E-state index in [4.69, 9.17) is 23.4 Å². The number of carbonyl (C=O) groups is 4. The lowest BCUT2D eigenvalue weighted by Gasteiger charge is -2.69. The van der Waals surface area contributed by atoms with Crippen molar-refractivity contribution >= 4 is 23.8 Å². The van der Waals surface area contributed by atoms with Crippen LogP contribution in [0.1, 0.15) is 73.6 Å². The number of rotatable bonds is 9. The summed E-state index contributed by atoms with van der Waals surface area (Å²) in [5.74, 6) is -5.68. The molecule has 1 saturated heterocycles. The van der Waals surface area contributed by atoms with Crippen molar-refractivity contribution in [3.63, 3.8) is 0 Å². The fourth-order valence-electron chi connectivity index (χ4n) is 10.1. The minimum absolute atomic E-state index is 0.0180. The van der Waals surface area contributed by atoms with Crippen molar-refractivity contribution in [1.29, 1.82) is 0 Å². The number of carbonyl (C=O) groups excluding carboxylic acids is 4. The summed E-state index contributed by atoms with van der Waals surface area (Å²) in [4.78, 5) is 54.3. The zero-order valence-electron chi connectivity index (χ0n) is 33.1. The number of hydrogen-bond acceptors (Lipinski definition) is 15. The molecule has 0 spiro atoms. The van der Waals surface area contributed by atoms with Crippen LogP contribution in [0.15, 0.2) is 94.6 Å². The van der Waals surface area contributed by atoms with Crippen LogP contribution in [0.2, 0.25) is 0 Å². The first-order chi connectivity index (χ1) is 27.8. The number of nitrogens with one attached hydrogen (secondary N) is 1. The molecule has 1 amide bonds. The lowest BCUT2D eigenvalue weighted by molar-refractivity contribution is -0.370. The van der Waals surface area contributed by atoms with Gasteiger partial charge in [0.05, 0.1) is 42.6 Å². The molecule has 3 aromatic rings. The van der Waals surface area contributed by atoms with E-state index in [0.717, 1.165) is 6.92 Å². The highest BCUT2D eigenvalue weighted by atomic mass is 16.6. The SMILES string of the molecule is CC(=O)O[C@@]12CO[C@@H]1C[C@H](O)[C@]1(C)C2C(OC(=O)c2ccccc2)[C@]2(O)[C@@H](O)[C@H](OC(=O)[C@H](O)[C@@H](NC(=O)c3ccco3)c3ccccc3)C(C)=C([C@@H](O)[C@H]1O)C2(C)C. The van der Waals surface area contributed by atoms with Crippen LogP contribution in [0, 0.1) is 16.7 Å². The van der Waals surface area contributed by atoms with E-state index >= 15 is 0 Å². The van der Waals surface area contributed by atoms with Crippen LogP contribution >= 0.6 is 0 Å². The Labute approximate surface area is 339 Å². The Bertz CT molecular complexity index is 2110. The molecule has 2 bridgehead atoms. The Balaban J connectivity index is 1.37. The summed E-state index contributed by atoms with van der Waals surface area (Å²) in [5.41, 5.74) is -8.25. The highest BCUT2D eigenvalue weighted by Gasteiger charge is 2.79. The first kappa shape index (κ1) is 42.2. The van der Waals surface area contributed by atoms with E-state index in [2.05, 4.69) is 5.32 Å². The van der Waals surface area contributed by atoms with Gasteiger partial charge in [0.25, 0.3) is 5.91 Å². The van der Waals surface area contributed by atoms with Crippen LogP contribution < -0.4 is 5.32 Å². The minimum Gasteiger partial charge on any atom is -0.459 e. The van der Waals surface area contributed by atoms with Crippen molar-refractivity contribution in [2.75, 3.05) is 6.61 Å². The Hall–Kier alpha value is -4.94. The van der Waals surface area contributed by atoms with Gasteiger partial charge in [0.15, 0.2) is 23.6 Å². The van der Waals surface area contributed by atoms with E-state index < -0.39 is 107 Å². The number of aliphatic hydroxyl groups excluding tert-OH is 5. The monoisotopic (exact) mass is 819 g/mol. The molecule has 2 saturated carbocycles. The first-order valence-electron chi connectivity index (χ1n) is 19.3. The fraction of sp³-hybridized carbons (Fsp3) is 0.488. The number of benzene rings is 2. The van der Waals surface area contributed by atoms with Crippen LogP contribution in [0.4, 0.5) is 0 Å². The molecule has 1 aliphatic heterocycles. The Morgan fingerprint density at radius 2 is 1.53 bits per heavy atom. The van der Waals surface area contributed by atoms with E-state index in [1.807, 2.05) is 0 Å². The number of ether oxygens (including phenoxy) is 4. The lowest BCUT2D eigenvalue weighted by Crippen LogP contribution is -2.84. The van der Waals surface area contributed by atoms with Crippen LogP contribution in [0.5, 0.6) is 0 Å². The summed E-state index contributed by atoms with van der Waals surface area (Å²) in [6, 6.07) is 17.1. The summed E-state index contributed by atoms with van der Waals surface area (Å²) in [6.07, 6.45) is -13.7. The van der Waals surface area contributed by atoms with E-state index in [1.54, 1.807) is 48.5 Å². The van der Waals surface area contributed by atoms with E-state index in [1.165, 1.54) is 58.2 Å². The molecule has 2 unspecified atom stereocenters. The maximum absolute atomic E-state index is 14.2. The number of esters is 3. The van der Waals surface area contributed by atoms with Crippen LogP contribution in [0.25, 0.3) is 0 Å². The lowest BCUT2D eigenvalue weighted by atomic mass is 9.44. The van der Waals surface area contributed by atoms with Gasteiger partial charge in [0, 0.05) is 24.2 Å². The maximum Gasteiger partial charge on any atom is 0.338 e. The number of hydrogen-bond donors (Lipinski definition) is 7. The standard InChI is InChI=1S/C43H49NO15/c1-21-28-30(47)34(49)41(5)26(46)19-27-42(20-56-27,59-22(2)45)33(41)36(58-38(52)24-15-10-7-11-16-24)43(54,40(28,3)4)35(50)32(21)57-39(53)31(48)29(23-13-8-6-9-14-23)44-37(51)25-17-12-18-55-25/h6-18,26-27,29-36,46-50,54H,19-20H2,1-5H3,(H,44,51)/t26-,27+,29-,30+,31+,32+,33?,34+,35-,36?,41+,42-,43+/m0/s1. The molecule has 2 heterocycles. The summed E-state index contributed by atoms with van der Waals surface area (Å²) in [5, 5.41) is 76.9. The first-order valence-corrected chi connectivity index (χ1v) is 19.3. The van der Waals surface area contributed by atoms with Crippen molar-refractivity contribution in [3.05, 3.63) is 107 Å². The normalized spacial score (nSPS) is 35.6. The van der Waals surface area contributed by atoms with Gasteiger partial charge in [-0.15, -0.1) is 0 Å². The van der Waals surface area contributed by atoms with Crippen molar-refractivity contribution in [3.8, 4) is 0 Å². The predicted molar refractivity (Wildman–Crippen MR) is 203 cm³/mol. The Kier molecular flexibility index (Phi) is 10.9. The van der Waals surface area contributed by atoms with Gasteiger partial charge in [-0.25, -0.2) is 9.59 Å². The Morgan fingerprint density at radius 1 is 0.881 bits per heavy atom. The fourth-order valence-corrected chi connectivity index (χ4v) is 10.1. The Morgan fingerprint density at radius 3 is 2.10 bits per heavy atom. The smallest absolute Gasteiger partial charge is 0.338 e. The maximum atomic E-state index is 14.2. The summed E-state index contributed by atoms with van der Waals surface area (Å²) in [6.45, 7) is 6.47. The molecule has 2 aromatic carbocycles. The van der Waals surface area contributed by atoms with E-state index in [9.17, 15) is 49.8 Å². The van der Waals surface area contributed by atoms with Gasteiger partial charge in [0.2, 0.25) is 0 Å². The van der Waals surface area contributed by atoms with Gasteiger partial charge in [0.1, 0.15) is 30.0 Å². The van der Waals surface area contributed by atoms with E-state index in [-0.39, 0.29) is 41.1 Å². The highest BCUT2D eigenvalue weighted by molar-refractivity contribution is 5.92. The third kappa shape index (κ3) is 6.48. The summed E-state index contributed by atoms with van der Waals surface area (Å²) < 4.78 is 29.1. The molecule has 7 N–H and O–H groups in total. The van der Waals surface area contributed by atoms with Crippen molar-refractivity contribution in [2.24, 2.45) is 16.7 Å². The third-order valence-corrected chi connectivity index (χ3v) is 13.2. The average molecular weight is 820 g/mol. The second-order valence-corrected chi connectivity index (χ2v) is 16.7. The molecule has 13 atom stereocenters. The van der Waals surface area contributed by atoms with Gasteiger partial charge in [-0.3, -0.25) is 9.59 Å². The molecular formula is C43H49NO15. The minimum atomic E-state index is -2.80. The second-order valence-electron chi connectivity index (χ2n) is 16.7. The molecule has 3 fully saturated rings. The molecule has 7 rings (SSSR count). The van der Waals surface area contributed by atoms with Gasteiger partial charge in [-0.05, 0) is 47.9 Å². The van der Waals surface area contributed by atoms with Crippen molar-refractivity contribution in [2.45, 2.75) is 107 Å². The van der Waals surface area contributed by atoms with Gasteiger partial charge in [-0.1, -0.05) is 69.3 Å². The van der Waals surface area contributed by atoms with Gasteiger partial charge < -0.3 is 59.3 Å². The molecule has 0 radical (unpaired) electrons. The highest BCUT2D eigenvalue weighted by Crippen LogP contribution is 2.65. The molecule has 16 nitrogen and oxygen atoms in total. The van der Waals surface area contributed by atoms with E-state index in [0.29, 0.717) is 0 Å². The van der Waals surface area contributed by atoms with Crippen LogP contribution in [0.3, 0.4) is 0 Å². The van der Waals surface area contributed by atoms with Gasteiger partial charge >= 0.3 is 17.9 Å². The molecule has 1 aromatic heterocycles. The molecule has 316 valence electrons. The summed E-state index contributed by atoms with van der Waals surface area (Å²) in [7, 11) is 0. The van der Waals surface area contributed by atoms with Crippen molar-refractivity contribution < 1.29 is 73.2 Å². The summed E-state index contributed by atoms with van der Waals surface area (Å²) >= 11 is 0. The molecule has 3 aliphatic carbocycles. The van der Waals surface area contributed by atoms with Crippen LogP contribution in [-0.2, 0) is 28.5 Å². The molecule has 16 heteroatoms. The van der Waals surface area contributed by atoms with Crippen LogP contribution in [-0.4, -0.2) is 121 Å². The second kappa shape index (κ2) is 15.3. The zero-order valence-corrected chi connectivity index (χ0v) is 33.1. The largest absolute Gasteiger partial charge is 0.459 e. The number of aliphatic hydroxyl groups is 6. The quantitative estimate of drug-likeness (QED) is 0.0919. The number of fused-ring (bicyclic) bond motifs is 5. The number of amides is 1. The topological polar surface area (TPSA) is 252 Å². The van der Waals surface area contributed by atoms with Crippen molar-refractivity contribution in [1.82, 2.24) is 5.32 Å². The molecular weight excluding hydrogens is 770 g/mol. The zero-order chi connectivity index (χ0) is 42.8. The number of furan rings is 1.